The van der Waals surface area contributed by atoms with Crippen LogP contribution in [0.5, 0.6) is 0 Å². The average Bonchev–Trinajstić information content (AvgIpc) is 3.11. The molecule has 0 bridgehead atoms. The van der Waals surface area contributed by atoms with Crippen LogP contribution in [0.4, 0.5) is 0 Å². The number of hydrogen-bond acceptors (Lipinski definition) is 7. The van der Waals surface area contributed by atoms with Crippen LogP contribution >= 0.6 is 23.5 Å². The summed E-state index contributed by atoms with van der Waals surface area (Å²) in [5, 5.41) is 0.679. The van der Waals surface area contributed by atoms with Crippen LogP contribution in [0.3, 0.4) is 0 Å². The maximum Gasteiger partial charge on any atom is 0.309 e. The summed E-state index contributed by atoms with van der Waals surface area (Å²) in [6.45, 7) is 16.0. The Labute approximate surface area is 339 Å². The van der Waals surface area contributed by atoms with E-state index < -0.39 is 0 Å². The molecule has 0 saturated carbocycles. The van der Waals surface area contributed by atoms with Gasteiger partial charge in [0.25, 0.3) is 0 Å². The lowest BCUT2D eigenvalue weighted by atomic mass is 9.87. The van der Waals surface area contributed by atoms with Gasteiger partial charge in [-0.1, -0.05) is 181 Å². The van der Waals surface area contributed by atoms with E-state index in [-0.39, 0.29) is 28.8 Å². The zero-order valence-corrected chi connectivity index (χ0v) is 38.4. The normalized spacial score (nSPS) is 12.9. The van der Waals surface area contributed by atoms with Gasteiger partial charge >= 0.3 is 5.97 Å². The van der Waals surface area contributed by atoms with Crippen molar-refractivity contribution >= 4 is 39.7 Å². The van der Waals surface area contributed by atoms with Crippen LogP contribution in [-0.4, -0.2) is 59.3 Å². The molecule has 0 aromatic rings. The van der Waals surface area contributed by atoms with Gasteiger partial charge in [0.1, 0.15) is 6.10 Å². The van der Waals surface area contributed by atoms with Crippen LogP contribution in [0, 0.1) is 16.7 Å². The molecule has 0 N–H and O–H groups in total. The fourth-order valence-corrected chi connectivity index (χ4v) is 8.99. The van der Waals surface area contributed by atoms with E-state index in [2.05, 4.69) is 67.5 Å². The maximum absolute atomic E-state index is 13.4. The average molecular weight is 784 g/mol. The van der Waals surface area contributed by atoms with E-state index in [1.165, 1.54) is 77.0 Å². The Morgan fingerprint density at radius 2 is 0.906 bits per heavy atom. The molecular formula is C46H89NO4S2. The molecule has 0 amide bonds. The highest BCUT2D eigenvalue weighted by Gasteiger charge is 2.29. The topological polar surface area (TPSA) is 63.7 Å². The summed E-state index contributed by atoms with van der Waals surface area (Å²) in [6.07, 6.45) is 30.4. The van der Waals surface area contributed by atoms with E-state index >= 15 is 0 Å². The lowest BCUT2D eigenvalue weighted by Gasteiger charge is -2.24. The Morgan fingerprint density at radius 3 is 1.30 bits per heavy atom. The predicted molar refractivity (Wildman–Crippen MR) is 236 cm³/mol. The van der Waals surface area contributed by atoms with Crippen molar-refractivity contribution < 1.29 is 19.1 Å². The number of unbranched alkanes of at least 4 members (excludes halogenated alkanes) is 16. The zero-order chi connectivity index (χ0) is 39.8. The van der Waals surface area contributed by atoms with Gasteiger partial charge < -0.3 is 9.64 Å². The zero-order valence-electron chi connectivity index (χ0n) is 36.8. The van der Waals surface area contributed by atoms with E-state index in [0.717, 1.165) is 114 Å². The summed E-state index contributed by atoms with van der Waals surface area (Å²) in [7, 11) is 4.12. The molecule has 0 aliphatic carbocycles. The van der Waals surface area contributed by atoms with Gasteiger partial charge in [-0.25, -0.2) is 0 Å². The second kappa shape index (κ2) is 33.6. The minimum atomic E-state index is -0.293. The van der Waals surface area contributed by atoms with Crippen LogP contribution in [0.2, 0.25) is 0 Å². The summed E-state index contributed by atoms with van der Waals surface area (Å²) >= 11 is 3.09. The number of esters is 1. The van der Waals surface area contributed by atoms with E-state index in [0.29, 0.717) is 10.2 Å². The Hall–Kier alpha value is -0.530. The molecule has 1 atom stereocenters. The van der Waals surface area contributed by atoms with Crippen LogP contribution < -0.4 is 0 Å². The van der Waals surface area contributed by atoms with Gasteiger partial charge in [0.2, 0.25) is 0 Å². The Morgan fingerprint density at radius 1 is 0.509 bits per heavy atom. The van der Waals surface area contributed by atoms with Crippen molar-refractivity contribution in [2.24, 2.45) is 16.7 Å². The first kappa shape index (κ1) is 52.5. The molecule has 0 spiro atoms. The van der Waals surface area contributed by atoms with Gasteiger partial charge in [-0.15, -0.1) is 0 Å². The Kier molecular flexibility index (Phi) is 33.3. The summed E-state index contributed by atoms with van der Waals surface area (Å²) in [4.78, 5) is 41.6. The number of thioether (sulfide) groups is 2. The second-order valence-corrected chi connectivity index (χ2v) is 19.8. The highest BCUT2D eigenvalue weighted by Crippen LogP contribution is 2.33. The van der Waals surface area contributed by atoms with Gasteiger partial charge in [-0.3, -0.25) is 14.4 Å². The third-order valence-electron chi connectivity index (χ3n) is 10.9. The summed E-state index contributed by atoms with van der Waals surface area (Å²) in [6, 6.07) is 0. The molecular weight excluding hydrogens is 695 g/mol. The van der Waals surface area contributed by atoms with Gasteiger partial charge in [0.05, 0.1) is 5.92 Å². The molecule has 0 rings (SSSR count). The van der Waals surface area contributed by atoms with E-state index in [1.54, 1.807) is 23.5 Å². The van der Waals surface area contributed by atoms with Crippen molar-refractivity contribution in [2.45, 2.75) is 228 Å². The fraction of sp³-hybridized carbons (Fsp3) is 0.935. The van der Waals surface area contributed by atoms with Crippen molar-refractivity contribution in [2.75, 3.05) is 32.1 Å². The smallest absolute Gasteiger partial charge is 0.309 e. The molecule has 0 radical (unpaired) electrons. The van der Waals surface area contributed by atoms with Crippen molar-refractivity contribution in [3.8, 4) is 0 Å². The molecule has 7 heteroatoms. The molecule has 0 aliphatic heterocycles. The molecule has 1 unspecified atom stereocenters. The Balaban J connectivity index is 4.81. The van der Waals surface area contributed by atoms with Crippen LogP contribution in [0.25, 0.3) is 0 Å². The molecule has 0 heterocycles. The molecule has 0 aromatic heterocycles. The predicted octanol–water partition coefficient (Wildman–Crippen LogP) is 14.2. The minimum Gasteiger partial charge on any atom is -0.462 e. The van der Waals surface area contributed by atoms with Crippen molar-refractivity contribution in [3.63, 3.8) is 0 Å². The van der Waals surface area contributed by atoms with Crippen molar-refractivity contribution in [1.82, 2.24) is 4.90 Å². The highest BCUT2D eigenvalue weighted by molar-refractivity contribution is 8.14. The standard InChI is InChI=1S/C46H89NO4S2/c1-10-13-15-17-19-21-29-38-52-43(49)45(4,5)35-27-23-25-32-41(51-42(48)40(31-12-3)34-37-47(8)9)33-26-24-28-36-46(6,7)44(50)53-39-30-22-20-18-16-14-11-2/h40-41H,10-39H2,1-9H3. The molecule has 5 nitrogen and oxygen atoms in total. The number of rotatable bonds is 37. The number of nitrogens with zero attached hydrogens (tertiary/aromatic N) is 1. The van der Waals surface area contributed by atoms with Gasteiger partial charge in [-0.05, 0) is 84.8 Å². The minimum absolute atomic E-state index is 0.0203. The monoisotopic (exact) mass is 784 g/mol. The van der Waals surface area contributed by atoms with Crippen LogP contribution in [0.15, 0.2) is 0 Å². The number of carbonyl (C=O) groups excluding carboxylic acids is 3. The van der Waals surface area contributed by atoms with E-state index in [1.807, 2.05) is 0 Å². The van der Waals surface area contributed by atoms with E-state index in [4.69, 9.17) is 4.74 Å². The van der Waals surface area contributed by atoms with Gasteiger partial charge in [0.15, 0.2) is 10.2 Å². The molecule has 314 valence electrons. The number of hydrogen-bond donors (Lipinski definition) is 0. The van der Waals surface area contributed by atoms with Crippen LogP contribution in [0.1, 0.15) is 222 Å². The number of ether oxygens (including phenoxy) is 1. The summed E-state index contributed by atoms with van der Waals surface area (Å²) in [5.41, 5.74) is -0.585. The third kappa shape index (κ3) is 29.4. The van der Waals surface area contributed by atoms with Gasteiger partial charge in [-0.2, -0.15) is 0 Å². The van der Waals surface area contributed by atoms with Crippen molar-refractivity contribution in [1.29, 1.82) is 0 Å². The second-order valence-electron chi connectivity index (χ2n) is 17.6. The van der Waals surface area contributed by atoms with Gasteiger partial charge in [0, 0.05) is 22.3 Å². The first-order valence-electron chi connectivity index (χ1n) is 22.5. The third-order valence-corrected chi connectivity index (χ3v) is 13.5. The summed E-state index contributed by atoms with van der Waals surface area (Å²) in [5.74, 6) is 1.83. The number of carbonyl (C=O) groups is 3. The molecule has 0 saturated heterocycles. The largest absolute Gasteiger partial charge is 0.462 e. The first-order chi connectivity index (χ1) is 25.3. The molecule has 0 fully saturated rings. The SMILES string of the molecule is CCCCCCCCCSC(=O)C(C)(C)CCCCCC(CCCCCC(C)(C)C(=O)SCCCCCCCCC)OC(=O)C(CCC)CCN(C)C. The fourth-order valence-electron chi connectivity index (χ4n) is 6.94. The quantitative estimate of drug-likeness (QED) is 0.0459. The highest BCUT2D eigenvalue weighted by atomic mass is 32.2. The first-order valence-corrected chi connectivity index (χ1v) is 24.5. The lowest BCUT2D eigenvalue weighted by molar-refractivity contribution is -0.155. The van der Waals surface area contributed by atoms with Crippen LogP contribution in [-0.2, 0) is 19.1 Å². The molecule has 0 aromatic carbocycles. The molecule has 53 heavy (non-hydrogen) atoms. The lowest BCUT2D eigenvalue weighted by Crippen LogP contribution is -2.27. The van der Waals surface area contributed by atoms with Crippen molar-refractivity contribution in [3.05, 3.63) is 0 Å². The summed E-state index contributed by atoms with van der Waals surface area (Å²) < 4.78 is 6.28. The Bertz CT molecular complexity index is 852. The molecule has 0 aliphatic rings. The van der Waals surface area contributed by atoms with E-state index in [9.17, 15) is 14.4 Å². The maximum atomic E-state index is 13.4.